The molecule has 0 saturated heterocycles. The molecule has 2 N–H and O–H groups in total. The van der Waals surface area contributed by atoms with Crippen molar-refractivity contribution in [3.05, 3.63) is 84.7 Å². The summed E-state index contributed by atoms with van der Waals surface area (Å²) in [5.74, 6) is -0.467. The number of para-hydroxylation sites is 1. The van der Waals surface area contributed by atoms with Gasteiger partial charge in [-0.1, -0.05) is 48.5 Å². The number of benzene rings is 3. The standard InChI is InChI=1S/C20H15N3O/c21-20(24)17-7-4-8-18-19(17)22-13-23(18)16-11-9-15(10-12-16)14-5-2-1-3-6-14/h1-13H,(H2,21,24). The zero-order chi connectivity index (χ0) is 16.5. The van der Waals surface area contributed by atoms with Crippen molar-refractivity contribution in [2.75, 3.05) is 0 Å². The summed E-state index contributed by atoms with van der Waals surface area (Å²) >= 11 is 0. The number of nitrogens with zero attached hydrogens (tertiary/aromatic N) is 2. The second-order valence-electron chi connectivity index (χ2n) is 5.57. The molecule has 116 valence electrons. The van der Waals surface area contributed by atoms with Crippen molar-refractivity contribution < 1.29 is 4.79 Å². The van der Waals surface area contributed by atoms with Crippen LogP contribution in [0.1, 0.15) is 10.4 Å². The van der Waals surface area contributed by atoms with Crippen molar-refractivity contribution in [1.82, 2.24) is 9.55 Å². The second kappa shape index (κ2) is 5.66. The Morgan fingerprint density at radius 2 is 1.54 bits per heavy atom. The van der Waals surface area contributed by atoms with Crippen molar-refractivity contribution in [3.63, 3.8) is 0 Å². The maximum atomic E-state index is 11.5. The minimum Gasteiger partial charge on any atom is -0.366 e. The lowest BCUT2D eigenvalue weighted by atomic mass is 10.1. The third-order valence-corrected chi connectivity index (χ3v) is 4.09. The molecule has 0 bridgehead atoms. The summed E-state index contributed by atoms with van der Waals surface area (Å²) in [7, 11) is 0. The molecule has 24 heavy (non-hydrogen) atoms. The third-order valence-electron chi connectivity index (χ3n) is 4.09. The van der Waals surface area contributed by atoms with Crippen LogP contribution in [-0.2, 0) is 0 Å². The van der Waals surface area contributed by atoms with Gasteiger partial charge in [0.05, 0.1) is 11.1 Å². The molecule has 1 heterocycles. The Bertz CT molecular complexity index is 1020. The number of hydrogen-bond acceptors (Lipinski definition) is 2. The predicted octanol–water partition coefficient (Wildman–Crippen LogP) is 3.79. The normalized spacial score (nSPS) is 10.8. The average molecular weight is 313 g/mol. The molecule has 4 rings (SSSR count). The van der Waals surface area contributed by atoms with E-state index in [1.807, 2.05) is 47.0 Å². The molecule has 1 aromatic heterocycles. The number of amides is 1. The van der Waals surface area contributed by atoms with Gasteiger partial charge in [-0.2, -0.15) is 0 Å². The van der Waals surface area contributed by atoms with Crippen molar-refractivity contribution in [2.45, 2.75) is 0 Å². The van der Waals surface area contributed by atoms with Gasteiger partial charge in [0.15, 0.2) is 0 Å². The number of primary amides is 1. The molecule has 0 aliphatic heterocycles. The first kappa shape index (κ1) is 14.2. The molecule has 0 spiro atoms. The van der Waals surface area contributed by atoms with Crippen LogP contribution < -0.4 is 5.73 Å². The molecule has 0 atom stereocenters. The van der Waals surface area contributed by atoms with E-state index in [1.54, 1.807) is 12.4 Å². The Morgan fingerprint density at radius 3 is 2.25 bits per heavy atom. The molecule has 0 radical (unpaired) electrons. The van der Waals surface area contributed by atoms with Crippen LogP contribution in [0.15, 0.2) is 79.1 Å². The Hall–Kier alpha value is -3.40. The lowest BCUT2D eigenvalue weighted by molar-refractivity contribution is 0.100. The molecule has 0 aliphatic carbocycles. The van der Waals surface area contributed by atoms with Gasteiger partial charge in [-0.05, 0) is 35.4 Å². The SMILES string of the molecule is NC(=O)c1cccc2c1ncn2-c1ccc(-c2ccccc2)cc1. The Balaban J connectivity index is 1.78. The number of imidazole rings is 1. The first-order valence-electron chi connectivity index (χ1n) is 7.66. The zero-order valence-corrected chi connectivity index (χ0v) is 12.9. The lowest BCUT2D eigenvalue weighted by Crippen LogP contribution is -2.11. The van der Waals surface area contributed by atoms with E-state index in [0.717, 1.165) is 16.8 Å². The fraction of sp³-hybridized carbons (Fsp3) is 0. The van der Waals surface area contributed by atoms with E-state index in [0.29, 0.717) is 11.1 Å². The molecule has 0 saturated carbocycles. The van der Waals surface area contributed by atoms with Gasteiger partial charge in [0, 0.05) is 5.69 Å². The number of fused-ring (bicyclic) bond motifs is 1. The van der Waals surface area contributed by atoms with Gasteiger partial charge in [0.25, 0.3) is 5.91 Å². The monoisotopic (exact) mass is 313 g/mol. The Kier molecular flexibility index (Phi) is 3.35. The van der Waals surface area contributed by atoms with Crippen molar-refractivity contribution in [1.29, 1.82) is 0 Å². The van der Waals surface area contributed by atoms with E-state index in [4.69, 9.17) is 5.73 Å². The van der Waals surface area contributed by atoms with E-state index in [2.05, 4.69) is 29.2 Å². The van der Waals surface area contributed by atoms with Crippen LogP contribution in [0.25, 0.3) is 27.8 Å². The van der Waals surface area contributed by atoms with Gasteiger partial charge in [0.1, 0.15) is 11.8 Å². The minimum atomic E-state index is -0.467. The molecule has 4 aromatic rings. The van der Waals surface area contributed by atoms with Crippen LogP contribution in [0, 0.1) is 0 Å². The molecule has 0 unspecified atom stereocenters. The van der Waals surface area contributed by atoms with Crippen LogP contribution in [-0.4, -0.2) is 15.5 Å². The summed E-state index contributed by atoms with van der Waals surface area (Å²) in [5, 5.41) is 0. The van der Waals surface area contributed by atoms with Gasteiger partial charge in [-0.25, -0.2) is 4.98 Å². The summed E-state index contributed by atoms with van der Waals surface area (Å²) in [5.41, 5.74) is 10.7. The van der Waals surface area contributed by atoms with Gasteiger partial charge >= 0.3 is 0 Å². The number of carbonyl (C=O) groups is 1. The largest absolute Gasteiger partial charge is 0.366 e. The first-order chi connectivity index (χ1) is 11.7. The number of aromatic nitrogens is 2. The maximum absolute atomic E-state index is 11.5. The molecular formula is C20H15N3O. The first-order valence-corrected chi connectivity index (χ1v) is 7.66. The van der Waals surface area contributed by atoms with Crippen LogP contribution in [0.3, 0.4) is 0 Å². The molecule has 1 amide bonds. The average Bonchev–Trinajstić information content (AvgIpc) is 3.06. The highest BCUT2D eigenvalue weighted by Gasteiger charge is 2.11. The second-order valence-corrected chi connectivity index (χ2v) is 5.57. The van der Waals surface area contributed by atoms with E-state index in [-0.39, 0.29) is 0 Å². The van der Waals surface area contributed by atoms with E-state index >= 15 is 0 Å². The van der Waals surface area contributed by atoms with E-state index in [9.17, 15) is 4.79 Å². The molecular weight excluding hydrogens is 298 g/mol. The van der Waals surface area contributed by atoms with Crippen molar-refractivity contribution >= 4 is 16.9 Å². The van der Waals surface area contributed by atoms with E-state index in [1.165, 1.54) is 5.56 Å². The highest BCUT2D eigenvalue weighted by atomic mass is 16.1. The lowest BCUT2D eigenvalue weighted by Gasteiger charge is -2.07. The highest BCUT2D eigenvalue weighted by molar-refractivity contribution is 6.04. The summed E-state index contributed by atoms with van der Waals surface area (Å²) in [4.78, 5) is 15.9. The summed E-state index contributed by atoms with van der Waals surface area (Å²) in [6, 6.07) is 23.9. The predicted molar refractivity (Wildman–Crippen MR) is 95.0 cm³/mol. The smallest absolute Gasteiger partial charge is 0.250 e. The summed E-state index contributed by atoms with van der Waals surface area (Å²) in [6.07, 6.45) is 1.72. The van der Waals surface area contributed by atoms with Crippen LogP contribution in [0.2, 0.25) is 0 Å². The van der Waals surface area contributed by atoms with Gasteiger partial charge in [-0.15, -0.1) is 0 Å². The van der Waals surface area contributed by atoms with Crippen molar-refractivity contribution in [3.8, 4) is 16.8 Å². The van der Waals surface area contributed by atoms with Gasteiger partial charge in [-0.3, -0.25) is 9.36 Å². The number of rotatable bonds is 3. The fourth-order valence-electron chi connectivity index (χ4n) is 2.89. The van der Waals surface area contributed by atoms with E-state index < -0.39 is 5.91 Å². The Morgan fingerprint density at radius 1 is 0.833 bits per heavy atom. The highest BCUT2D eigenvalue weighted by Crippen LogP contribution is 2.24. The minimum absolute atomic E-state index is 0.437. The molecule has 0 aliphatic rings. The number of hydrogen-bond donors (Lipinski definition) is 1. The summed E-state index contributed by atoms with van der Waals surface area (Å²) < 4.78 is 1.95. The van der Waals surface area contributed by atoms with Crippen LogP contribution >= 0.6 is 0 Å². The van der Waals surface area contributed by atoms with Gasteiger partial charge in [0.2, 0.25) is 0 Å². The van der Waals surface area contributed by atoms with Crippen LogP contribution in [0.5, 0.6) is 0 Å². The quantitative estimate of drug-likeness (QED) is 0.625. The molecule has 4 nitrogen and oxygen atoms in total. The third kappa shape index (κ3) is 2.34. The fourth-order valence-corrected chi connectivity index (χ4v) is 2.89. The molecule has 3 aromatic carbocycles. The molecule has 0 fully saturated rings. The maximum Gasteiger partial charge on any atom is 0.250 e. The summed E-state index contributed by atoms with van der Waals surface area (Å²) in [6.45, 7) is 0. The van der Waals surface area contributed by atoms with Crippen molar-refractivity contribution in [2.24, 2.45) is 5.73 Å². The van der Waals surface area contributed by atoms with Gasteiger partial charge < -0.3 is 5.73 Å². The number of carbonyl (C=O) groups excluding carboxylic acids is 1. The zero-order valence-electron chi connectivity index (χ0n) is 12.9. The van der Waals surface area contributed by atoms with Crippen LogP contribution in [0.4, 0.5) is 0 Å². The Labute approximate surface area is 139 Å². The number of nitrogens with two attached hydrogens (primary N) is 1. The topological polar surface area (TPSA) is 60.9 Å². The molecule has 4 heteroatoms.